The summed E-state index contributed by atoms with van der Waals surface area (Å²) in [5.41, 5.74) is 1.12. The summed E-state index contributed by atoms with van der Waals surface area (Å²) < 4.78 is 2.06. The number of hydrogen-bond acceptors (Lipinski definition) is 1. The molecule has 0 saturated carbocycles. The van der Waals surface area contributed by atoms with E-state index in [4.69, 9.17) is 11.6 Å². The molecule has 16 heavy (non-hydrogen) atoms. The lowest BCUT2D eigenvalue weighted by Crippen LogP contribution is -1.95. The number of benzene rings is 1. The van der Waals surface area contributed by atoms with Crippen LogP contribution in [0.15, 0.2) is 30.5 Å². The smallest absolute Gasteiger partial charge is 0.121 e. The van der Waals surface area contributed by atoms with Gasteiger partial charge in [-0.1, -0.05) is 25.4 Å². The first-order valence-electron chi connectivity index (χ1n) is 5.49. The van der Waals surface area contributed by atoms with Crippen LogP contribution in [0.5, 0.6) is 0 Å². The Morgan fingerprint density at radius 1 is 1.31 bits per heavy atom. The van der Waals surface area contributed by atoms with Crippen LogP contribution in [-0.2, 0) is 11.3 Å². The number of halogens is 1. The monoisotopic (exact) mass is 237 g/mol. The minimum Gasteiger partial charge on any atom is -0.347 e. The zero-order valence-electron chi connectivity index (χ0n) is 9.61. The highest BCUT2D eigenvalue weighted by Gasteiger charge is 2.00. The van der Waals surface area contributed by atoms with Gasteiger partial charge in [-0.25, -0.2) is 0 Å². The molecule has 2 aromatic rings. The van der Waals surface area contributed by atoms with Crippen LogP contribution in [0.2, 0.25) is 5.02 Å². The summed E-state index contributed by atoms with van der Waals surface area (Å²) >= 11 is 5.87. The predicted octanol–water partition coefficient (Wildman–Crippen LogP) is 3.91. The molecule has 0 atom stereocenters. The molecular formula is C13H16ClNO. The molecule has 0 saturated heterocycles. The van der Waals surface area contributed by atoms with E-state index in [0.29, 0.717) is 6.42 Å². The van der Waals surface area contributed by atoms with Crippen molar-refractivity contribution in [3.05, 3.63) is 35.5 Å². The standard InChI is InChI=1S/C11H10ClNO.C2H6/c12-10-2-3-11-9(8-10)4-6-13(11)5-1-7-14;1-2/h2-4,6-8H,1,5H2;1-2H3. The van der Waals surface area contributed by atoms with Crippen molar-refractivity contribution in [2.75, 3.05) is 0 Å². The van der Waals surface area contributed by atoms with Crippen LogP contribution in [0, 0.1) is 0 Å². The maximum absolute atomic E-state index is 10.3. The topological polar surface area (TPSA) is 22.0 Å². The second kappa shape index (κ2) is 6.33. The van der Waals surface area contributed by atoms with E-state index < -0.39 is 0 Å². The van der Waals surface area contributed by atoms with Gasteiger partial charge in [-0.3, -0.25) is 0 Å². The molecular weight excluding hydrogens is 222 g/mol. The average Bonchev–Trinajstić information content (AvgIpc) is 2.71. The molecule has 0 N–H and O–H groups in total. The quantitative estimate of drug-likeness (QED) is 0.742. The third kappa shape index (κ3) is 2.86. The molecule has 0 unspecified atom stereocenters. The highest BCUT2D eigenvalue weighted by atomic mass is 35.5. The van der Waals surface area contributed by atoms with Crippen LogP contribution < -0.4 is 0 Å². The Labute approximate surface area is 101 Å². The minimum absolute atomic E-state index is 0.548. The number of aldehydes is 1. The van der Waals surface area contributed by atoms with Crippen molar-refractivity contribution in [2.24, 2.45) is 0 Å². The van der Waals surface area contributed by atoms with Crippen molar-refractivity contribution < 1.29 is 4.79 Å². The molecule has 0 aliphatic carbocycles. The molecule has 0 spiro atoms. The van der Waals surface area contributed by atoms with Gasteiger partial charge < -0.3 is 9.36 Å². The number of carbonyl (C=O) groups is 1. The molecule has 3 heteroatoms. The summed E-state index contributed by atoms with van der Waals surface area (Å²) in [6, 6.07) is 7.77. The first-order chi connectivity index (χ1) is 7.81. The fourth-order valence-electron chi connectivity index (χ4n) is 1.56. The highest BCUT2D eigenvalue weighted by Crippen LogP contribution is 2.20. The van der Waals surface area contributed by atoms with Crippen molar-refractivity contribution >= 4 is 28.8 Å². The fourth-order valence-corrected chi connectivity index (χ4v) is 1.74. The van der Waals surface area contributed by atoms with Crippen LogP contribution >= 0.6 is 11.6 Å². The van der Waals surface area contributed by atoms with Crippen LogP contribution in [-0.4, -0.2) is 10.9 Å². The Hall–Kier alpha value is -1.28. The number of fused-ring (bicyclic) bond motifs is 1. The van der Waals surface area contributed by atoms with Gasteiger partial charge in [-0.2, -0.15) is 0 Å². The second-order valence-corrected chi connectivity index (χ2v) is 3.60. The SMILES string of the molecule is CC.O=CCCn1ccc2cc(Cl)ccc21. The summed E-state index contributed by atoms with van der Waals surface area (Å²) in [6.45, 7) is 4.73. The molecule has 0 aliphatic rings. The van der Waals surface area contributed by atoms with Crippen molar-refractivity contribution in [2.45, 2.75) is 26.8 Å². The zero-order chi connectivity index (χ0) is 12.0. The van der Waals surface area contributed by atoms with Gasteiger partial charge in [-0.15, -0.1) is 0 Å². The Bertz CT molecular complexity index is 462. The van der Waals surface area contributed by atoms with Crippen LogP contribution in [0.1, 0.15) is 20.3 Å². The molecule has 0 amide bonds. The number of rotatable bonds is 3. The molecule has 2 rings (SSSR count). The maximum atomic E-state index is 10.3. The van der Waals surface area contributed by atoms with Gasteiger partial charge >= 0.3 is 0 Å². The number of aromatic nitrogens is 1. The summed E-state index contributed by atoms with van der Waals surface area (Å²) in [7, 11) is 0. The molecule has 0 aliphatic heterocycles. The van der Waals surface area contributed by atoms with Gasteiger partial charge in [0.25, 0.3) is 0 Å². The fraction of sp³-hybridized carbons (Fsp3) is 0.308. The third-order valence-electron chi connectivity index (χ3n) is 2.22. The second-order valence-electron chi connectivity index (χ2n) is 3.17. The van der Waals surface area contributed by atoms with Crippen LogP contribution in [0.25, 0.3) is 10.9 Å². The van der Waals surface area contributed by atoms with E-state index in [1.807, 2.05) is 44.3 Å². The normalized spacial score (nSPS) is 9.69. The van der Waals surface area contributed by atoms with Crippen molar-refractivity contribution in [3.8, 4) is 0 Å². The molecule has 2 nitrogen and oxygen atoms in total. The van der Waals surface area contributed by atoms with E-state index in [-0.39, 0.29) is 0 Å². The molecule has 1 heterocycles. The molecule has 0 radical (unpaired) electrons. The van der Waals surface area contributed by atoms with E-state index >= 15 is 0 Å². The number of aryl methyl sites for hydroxylation is 1. The van der Waals surface area contributed by atoms with Crippen molar-refractivity contribution in [1.82, 2.24) is 4.57 Å². The van der Waals surface area contributed by atoms with Crippen LogP contribution in [0.4, 0.5) is 0 Å². The molecule has 0 fully saturated rings. The average molecular weight is 238 g/mol. The summed E-state index contributed by atoms with van der Waals surface area (Å²) in [5.74, 6) is 0. The predicted molar refractivity (Wildman–Crippen MR) is 69.0 cm³/mol. The van der Waals surface area contributed by atoms with E-state index in [2.05, 4.69) is 4.57 Å². The zero-order valence-corrected chi connectivity index (χ0v) is 10.4. The van der Waals surface area contributed by atoms with Crippen molar-refractivity contribution in [1.29, 1.82) is 0 Å². The summed E-state index contributed by atoms with van der Waals surface area (Å²) in [5, 5.41) is 1.86. The Morgan fingerprint density at radius 2 is 2.06 bits per heavy atom. The molecule has 0 bridgehead atoms. The molecule has 1 aromatic carbocycles. The van der Waals surface area contributed by atoms with E-state index in [9.17, 15) is 4.79 Å². The van der Waals surface area contributed by atoms with Crippen molar-refractivity contribution in [3.63, 3.8) is 0 Å². The Morgan fingerprint density at radius 3 is 2.75 bits per heavy atom. The number of nitrogens with zero attached hydrogens (tertiary/aromatic N) is 1. The molecule has 86 valence electrons. The number of hydrogen-bond donors (Lipinski definition) is 0. The minimum atomic E-state index is 0.548. The Balaban J connectivity index is 0.000000606. The number of carbonyl (C=O) groups excluding carboxylic acids is 1. The van der Waals surface area contributed by atoms with E-state index in [1.165, 1.54) is 0 Å². The van der Waals surface area contributed by atoms with Gasteiger partial charge in [0.1, 0.15) is 6.29 Å². The molecule has 1 aromatic heterocycles. The van der Waals surface area contributed by atoms with Gasteiger partial charge in [-0.05, 0) is 24.3 Å². The van der Waals surface area contributed by atoms with Gasteiger partial charge in [0.15, 0.2) is 0 Å². The van der Waals surface area contributed by atoms with Gasteiger partial charge in [0, 0.05) is 35.1 Å². The summed E-state index contributed by atoms with van der Waals surface area (Å²) in [6.07, 6.45) is 3.46. The maximum Gasteiger partial charge on any atom is 0.121 e. The van der Waals surface area contributed by atoms with Gasteiger partial charge in [0.2, 0.25) is 0 Å². The van der Waals surface area contributed by atoms with Gasteiger partial charge in [0.05, 0.1) is 0 Å². The third-order valence-corrected chi connectivity index (χ3v) is 2.46. The lowest BCUT2D eigenvalue weighted by atomic mass is 10.2. The van der Waals surface area contributed by atoms with E-state index in [0.717, 1.165) is 28.8 Å². The highest BCUT2D eigenvalue weighted by molar-refractivity contribution is 6.31. The Kier molecular flexibility index (Phi) is 5.06. The lowest BCUT2D eigenvalue weighted by Gasteiger charge is -2.01. The largest absolute Gasteiger partial charge is 0.347 e. The summed E-state index contributed by atoms with van der Waals surface area (Å²) in [4.78, 5) is 10.3. The first kappa shape index (κ1) is 12.8. The lowest BCUT2D eigenvalue weighted by molar-refractivity contribution is -0.108. The first-order valence-corrected chi connectivity index (χ1v) is 5.87. The van der Waals surface area contributed by atoms with Crippen LogP contribution in [0.3, 0.4) is 0 Å². The van der Waals surface area contributed by atoms with E-state index in [1.54, 1.807) is 0 Å².